The lowest BCUT2D eigenvalue weighted by molar-refractivity contribution is -0.140. The molecule has 2 fully saturated rings. The molecule has 2 N–H and O–H groups in total. The van der Waals surface area contributed by atoms with Gasteiger partial charge in [-0.1, -0.05) is 0 Å². The normalized spacial score (nSPS) is 24.4. The molecule has 0 bridgehead atoms. The van der Waals surface area contributed by atoms with Crippen LogP contribution in [0.15, 0.2) is 0 Å². The van der Waals surface area contributed by atoms with E-state index in [1.54, 1.807) is 0 Å². The van der Waals surface area contributed by atoms with Crippen molar-refractivity contribution in [2.45, 2.75) is 51.2 Å². The van der Waals surface area contributed by atoms with Crippen LogP contribution < -0.4 is 5.32 Å². The summed E-state index contributed by atoms with van der Waals surface area (Å²) in [5, 5.41) is 12.5. The van der Waals surface area contributed by atoms with Crippen LogP contribution >= 0.6 is 0 Å². The SMILES string of the molecule is CC(C)(C)N1CCN(CC(NC2CC2)C(=O)O)CC1. The van der Waals surface area contributed by atoms with E-state index in [1.165, 1.54) is 0 Å². The molecule has 1 unspecified atom stereocenters. The molecule has 0 radical (unpaired) electrons. The molecule has 1 saturated carbocycles. The number of carboxylic acids is 1. The van der Waals surface area contributed by atoms with Crippen LogP contribution in [-0.4, -0.2) is 71.2 Å². The number of carboxylic acid groups (broad SMARTS) is 1. The average molecular weight is 269 g/mol. The summed E-state index contributed by atoms with van der Waals surface area (Å²) >= 11 is 0. The highest BCUT2D eigenvalue weighted by atomic mass is 16.4. The van der Waals surface area contributed by atoms with Crippen molar-refractivity contribution >= 4 is 5.97 Å². The lowest BCUT2D eigenvalue weighted by atomic mass is 10.0. The molecule has 1 saturated heterocycles. The quantitative estimate of drug-likeness (QED) is 0.766. The van der Waals surface area contributed by atoms with Crippen LogP contribution in [0.3, 0.4) is 0 Å². The number of piperazine rings is 1. The monoisotopic (exact) mass is 269 g/mol. The van der Waals surface area contributed by atoms with Crippen molar-refractivity contribution in [3.05, 3.63) is 0 Å². The molecule has 19 heavy (non-hydrogen) atoms. The molecule has 0 aromatic rings. The van der Waals surface area contributed by atoms with Crippen molar-refractivity contribution in [2.75, 3.05) is 32.7 Å². The summed E-state index contributed by atoms with van der Waals surface area (Å²) in [6, 6.07) is 0.0330. The van der Waals surface area contributed by atoms with E-state index in [2.05, 4.69) is 35.9 Å². The summed E-state index contributed by atoms with van der Waals surface area (Å²) in [6.07, 6.45) is 2.25. The molecule has 110 valence electrons. The van der Waals surface area contributed by atoms with E-state index in [9.17, 15) is 9.90 Å². The van der Waals surface area contributed by atoms with Crippen LogP contribution in [0.2, 0.25) is 0 Å². The number of nitrogens with zero attached hydrogens (tertiary/aromatic N) is 2. The first kappa shape index (κ1) is 14.8. The van der Waals surface area contributed by atoms with Gasteiger partial charge in [-0.05, 0) is 33.6 Å². The van der Waals surface area contributed by atoms with Gasteiger partial charge in [-0.15, -0.1) is 0 Å². The Kier molecular flexibility index (Phi) is 4.48. The number of nitrogens with one attached hydrogen (secondary N) is 1. The van der Waals surface area contributed by atoms with Gasteiger partial charge in [0, 0.05) is 44.3 Å². The third kappa shape index (κ3) is 4.44. The van der Waals surface area contributed by atoms with Crippen LogP contribution in [0, 0.1) is 0 Å². The molecule has 2 rings (SSSR count). The van der Waals surface area contributed by atoms with E-state index in [0.29, 0.717) is 12.6 Å². The topological polar surface area (TPSA) is 55.8 Å². The Morgan fingerprint density at radius 2 is 1.84 bits per heavy atom. The molecule has 1 aliphatic carbocycles. The van der Waals surface area contributed by atoms with Crippen LogP contribution in [0.5, 0.6) is 0 Å². The molecule has 0 aromatic carbocycles. The molecule has 1 aliphatic heterocycles. The molecule has 5 heteroatoms. The number of hydrogen-bond acceptors (Lipinski definition) is 4. The molecular weight excluding hydrogens is 242 g/mol. The van der Waals surface area contributed by atoms with E-state index in [1.807, 2.05) is 0 Å². The van der Waals surface area contributed by atoms with Crippen molar-refractivity contribution in [1.29, 1.82) is 0 Å². The second-order valence-electron chi connectivity index (χ2n) is 6.79. The number of carbonyl (C=O) groups is 1. The summed E-state index contributed by atoms with van der Waals surface area (Å²) in [4.78, 5) is 16.0. The number of rotatable bonds is 5. The van der Waals surface area contributed by atoms with Crippen LogP contribution in [0.4, 0.5) is 0 Å². The van der Waals surface area contributed by atoms with Crippen molar-refractivity contribution in [1.82, 2.24) is 15.1 Å². The highest BCUT2D eigenvalue weighted by molar-refractivity contribution is 5.73. The van der Waals surface area contributed by atoms with Gasteiger partial charge in [0.05, 0.1) is 0 Å². The molecule has 0 amide bonds. The zero-order valence-electron chi connectivity index (χ0n) is 12.4. The molecule has 1 atom stereocenters. The summed E-state index contributed by atoms with van der Waals surface area (Å²) < 4.78 is 0. The van der Waals surface area contributed by atoms with Crippen molar-refractivity contribution in [3.63, 3.8) is 0 Å². The van der Waals surface area contributed by atoms with Crippen molar-refractivity contribution in [2.24, 2.45) is 0 Å². The van der Waals surface area contributed by atoms with E-state index in [4.69, 9.17) is 0 Å². The largest absolute Gasteiger partial charge is 0.480 e. The summed E-state index contributed by atoms with van der Waals surface area (Å²) in [5.74, 6) is -0.717. The maximum absolute atomic E-state index is 11.3. The first-order valence-electron chi connectivity index (χ1n) is 7.32. The van der Waals surface area contributed by atoms with Gasteiger partial charge < -0.3 is 10.4 Å². The fraction of sp³-hybridized carbons (Fsp3) is 0.929. The average Bonchev–Trinajstić information content (AvgIpc) is 3.11. The number of hydrogen-bond donors (Lipinski definition) is 2. The van der Waals surface area contributed by atoms with Gasteiger partial charge in [0.15, 0.2) is 0 Å². The third-order valence-electron chi connectivity index (χ3n) is 4.07. The molecule has 2 aliphatic rings. The zero-order valence-corrected chi connectivity index (χ0v) is 12.4. The molecule has 0 spiro atoms. The van der Waals surface area contributed by atoms with Crippen LogP contribution in [-0.2, 0) is 4.79 Å². The van der Waals surface area contributed by atoms with Gasteiger partial charge in [0.25, 0.3) is 0 Å². The molecular formula is C14H27N3O2. The van der Waals surface area contributed by atoms with E-state index in [-0.39, 0.29) is 5.54 Å². The summed E-state index contributed by atoms with van der Waals surface area (Å²) in [7, 11) is 0. The Bertz CT molecular complexity index is 315. The minimum absolute atomic E-state index is 0.213. The molecule has 0 aromatic heterocycles. The Hall–Kier alpha value is -0.650. The fourth-order valence-corrected chi connectivity index (χ4v) is 2.60. The predicted molar refractivity (Wildman–Crippen MR) is 75.3 cm³/mol. The smallest absolute Gasteiger partial charge is 0.322 e. The standard InChI is InChI=1S/C14H27N3O2/c1-14(2,3)17-8-6-16(7-9-17)10-12(13(18)19)15-11-4-5-11/h11-12,15H,4-10H2,1-3H3,(H,18,19). The van der Waals surface area contributed by atoms with Gasteiger partial charge in [-0.25, -0.2) is 0 Å². The van der Waals surface area contributed by atoms with Gasteiger partial charge in [-0.3, -0.25) is 14.6 Å². The predicted octanol–water partition coefficient (Wildman–Crippen LogP) is 0.608. The minimum atomic E-state index is -0.717. The zero-order chi connectivity index (χ0) is 14.0. The van der Waals surface area contributed by atoms with Gasteiger partial charge in [-0.2, -0.15) is 0 Å². The van der Waals surface area contributed by atoms with Crippen molar-refractivity contribution in [3.8, 4) is 0 Å². The Morgan fingerprint density at radius 1 is 1.26 bits per heavy atom. The van der Waals surface area contributed by atoms with Gasteiger partial charge in [0.1, 0.15) is 6.04 Å². The second kappa shape index (κ2) is 5.77. The summed E-state index contributed by atoms with van der Waals surface area (Å²) in [6.45, 7) is 11.3. The highest BCUT2D eigenvalue weighted by Gasteiger charge is 2.31. The Balaban J connectivity index is 1.78. The maximum atomic E-state index is 11.3. The van der Waals surface area contributed by atoms with E-state index >= 15 is 0 Å². The Morgan fingerprint density at radius 3 is 2.26 bits per heavy atom. The molecule has 5 nitrogen and oxygen atoms in total. The van der Waals surface area contributed by atoms with Gasteiger partial charge >= 0.3 is 5.97 Å². The second-order valence-corrected chi connectivity index (χ2v) is 6.79. The highest BCUT2D eigenvalue weighted by Crippen LogP contribution is 2.20. The minimum Gasteiger partial charge on any atom is -0.480 e. The number of aliphatic carboxylic acids is 1. The van der Waals surface area contributed by atoms with Gasteiger partial charge in [0.2, 0.25) is 0 Å². The molecule has 1 heterocycles. The third-order valence-corrected chi connectivity index (χ3v) is 4.07. The van der Waals surface area contributed by atoms with Crippen LogP contribution in [0.1, 0.15) is 33.6 Å². The first-order valence-corrected chi connectivity index (χ1v) is 7.32. The fourth-order valence-electron chi connectivity index (χ4n) is 2.60. The lowest BCUT2D eigenvalue weighted by Crippen LogP contribution is -2.56. The lowest BCUT2D eigenvalue weighted by Gasteiger charge is -2.42. The van der Waals surface area contributed by atoms with Crippen molar-refractivity contribution < 1.29 is 9.90 Å². The van der Waals surface area contributed by atoms with E-state index in [0.717, 1.165) is 39.0 Å². The van der Waals surface area contributed by atoms with E-state index < -0.39 is 12.0 Å². The van der Waals surface area contributed by atoms with Crippen LogP contribution in [0.25, 0.3) is 0 Å². The Labute approximate surface area is 115 Å². The maximum Gasteiger partial charge on any atom is 0.322 e. The summed E-state index contributed by atoms with van der Waals surface area (Å²) in [5.41, 5.74) is 0.213. The first-order chi connectivity index (χ1) is 8.86.